The number of aromatic nitrogens is 2. The zero-order valence-corrected chi connectivity index (χ0v) is 15.1. The van der Waals surface area contributed by atoms with Crippen molar-refractivity contribution < 1.29 is 9.59 Å². The highest BCUT2D eigenvalue weighted by atomic mass is 35.5. The summed E-state index contributed by atoms with van der Waals surface area (Å²) in [7, 11) is 1.76. The molecule has 0 aliphatic carbocycles. The number of hydrogen-bond acceptors (Lipinski definition) is 4. The summed E-state index contributed by atoms with van der Waals surface area (Å²) >= 11 is 6.71. The first-order valence-electron chi connectivity index (χ1n) is 8.00. The van der Waals surface area contributed by atoms with Gasteiger partial charge in [-0.25, -0.2) is 4.98 Å². The van der Waals surface area contributed by atoms with Crippen LogP contribution in [-0.2, 0) is 11.8 Å². The first-order valence-corrected chi connectivity index (χ1v) is 8.38. The number of hydrogen-bond donors (Lipinski definition) is 0. The van der Waals surface area contributed by atoms with Crippen LogP contribution in [0.3, 0.4) is 0 Å². The van der Waals surface area contributed by atoms with Crippen molar-refractivity contribution in [1.29, 1.82) is 0 Å². The molecule has 1 amide bonds. The van der Waals surface area contributed by atoms with Gasteiger partial charge in [-0.1, -0.05) is 25.1 Å². The van der Waals surface area contributed by atoms with E-state index in [4.69, 9.17) is 11.6 Å². The Morgan fingerprint density at radius 2 is 2.00 bits per heavy atom. The number of imidazole rings is 1. The lowest BCUT2D eigenvalue weighted by Crippen LogP contribution is -2.46. The van der Waals surface area contributed by atoms with Crippen LogP contribution in [0.1, 0.15) is 30.9 Å². The fraction of sp³-hybridized carbons (Fsp3) is 0.333. The van der Waals surface area contributed by atoms with Gasteiger partial charge in [0, 0.05) is 25.9 Å². The maximum atomic E-state index is 13.0. The van der Waals surface area contributed by atoms with Gasteiger partial charge in [0.25, 0.3) is 5.91 Å². The molecule has 0 fully saturated rings. The minimum absolute atomic E-state index is 0.107. The van der Waals surface area contributed by atoms with Gasteiger partial charge < -0.3 is 4.57 Å². The molecule has 1 aliphatic heterocycles. The van der Waals surface area contributed by atoms with E-state index in [0.717, 1.165) is 0 Å². The molecule has 1 aliphatic rings. The Morgan fingerprint density at radius 3 is 2.60 bits per heavy atom. The molecule has 6 nitrogen and oxygen atoms in total. The minimum Gasteiger partial charge on any atom is -0.332 e. The van der Waals surface area contributed by atoms with Gasteiger partial charge in [0.2, 0.25) is 0 Å². The molecule has 0 bridgehead atoms. The lowest BCUT2D eigenvalue weighted by molar-refractivity contribution is -0.119. The quantitative estimate of drug-likeness (QED) is 0.609. The summed E-state index contributed by atoms with van der Waals surface area (Å²) in [5, 5.41) is 5.65. The Bertz CT molecular complexity index is 846. The largest absolute Gasteiger partial charge is 0.332 e. The number of rotatable bonds is 5. The molecule has 0 saturated carbocycles. The highest BCUT2D eigenvalue weighted by Gasteiger charge is 2.52. The number of Topliss-reactive ketones (excluding diaryl/α,β-unsaturated/α-hetero) is 1. The van der Waals surface area contributed by atoms with Crippen molar-refractivity contribution in [3.63, 3.8) is 0 Å². The van der Waals surface area contributed by atoms with E-state index in [2.05, 4.69) is 10.1 Å². The number of carbonyl (C=O) groups excluding carboxylic acids is 2. The van der Waals surface area contributed by atoms with Gasteiger partial charge in [-0.2, -0.15) is 10.1 Å². The van der Waals surface area contributed by atoms with Gasteiger partial charge in [0.1, 0.15) is 0 Å². The normalized spacial score (nSPS) is 21.4. The van der Waals surface area contributed by atoms with Crippen LogP contribution < -0.4 is 5.01 Å². The molecular weight excluding hydrogens is 340 g/mol. The number of nitrogens with zero attached hydrogens (tertiary/aromatic N) is 4. The molecule has 2 heterocycles. The lowest BCUT2D eigenvalue weighted by Gasteiger charge is -2.27. The third-order valence-electron chi connectivity index (χ3n) is 4.52. The number of amides is 1. The summed E-state index contributed by atoms with van der Waals surface area (Å²) in [5.41, 5.74) is 1.14. The van der Waals surface area contributed by atoms with Crippen molar-refractivity contribution in [2.75, 3.05) is 5.01 Å². The highest BCUT2D eigenvalue weighted by molar-refractivity contribution is 6.50. The molecule has 3 rings (SSSR count). The molecular formula is C18H19ClN4O2. The fourth-order valence-electron chi connectivity index (χ4n) is 3.03. The molecule has 0 spiro atoms. The maximum Gasteiger partial charge on any atom is 0.274 e. The van der Waals surface area contributed by atoms with Crippen molar-refractivity contribution in [2.45, 2.75) is 25.1 Å². The number of para-hydroxylation sites is 1. The number of ketones is 1. The molecule has 2 atom stereocenters. The second-order valence-corrected chi connectivity index (χ2v) is 6.84. The number of carbonyl (C=O) groups is 2. The Hall–Kier alpha value is -2.47. The number of halogens is 1. The smallest absolute Gasteiger partial charge is 0.274 e. The van der Waals surface area contributed by atoms with Gasteiger partial charge in [0.15, 0.2) is 16.5 Å². The first kappa shape index (κ1) is 17.4. The van der Waals surface area contributed by atoms with Crippen molar-refractivity contribution >= 4 is 34.7 Å². The number of aryl methyl sites for hydroxylation is 1. The standard InChI is InChI=1S/C18H19ClN4O2/c1-12(11-15(24)16-20-9-10-22(16)3)18(19)13(2)21-23(17(18)25)14-7-5-4-6-8-14/h4-10,12H,11H2,1-3H3/t12-,18-/m0/s1. The average Bonchev–Trinajstić information content (AvgIpc) is 3.13. The Morgan fingerprint density at radius 1 is 1.32 bits per heavy atom. The Balaban J connectivity index is 1.83. The first-order chi connectivity index (χ1) is 11.9. The van der Waals surface area contributed by atoms with Gasteiger partial charge >= 0.3 is 0 Å². The van der Waals surface area contributed by atoms with Crippen molar-refractivity contribution in [3.8, 4) is 0 Å². The summed E-state index contributed by atoms with van der Waals surface area (Å²) < 4.78 is 1.66. The van der Waals surface area contributed by atoms with E-state index < -0.39 is 10.8 Å². The number of anilines is 1. The van der Waals surface area contributed by atoms with E-state index in [-0.39, 0.29) is 18.1 Å². The molecule has 0 radical (unpaired) electrons. The maximum absolute atomic E-state index is 13.0. The molecule has 0 saturated heterocycles. The van der Waals surface area contributed by atoms with Crippen LogP contribution in [0, 0.1) is 5.92 Å². The topological polar surface area (TPSA) is 67.6 Å². The van der Waals surface area contributed by atoms with E-state index in [1.165, 1.54) is 5.01 Å². The monoisotopic (exact) mass is 358 g/mol. The SMILES string of the molecule is CC1=NN(c2ccccc2)C(=O)[C@]1(Cl)[C@@H](C)CC(=O)c1nccn1C. The van der Waals surface area contributed by atoms with Crippen LogP contribution in [0.25, 0.3) is 0 Å². The van der Waals surface area contributed by atoms with Crippen molar-refractivity contribution in [3.05, 3.63) is 48.5 Å². The molecule has 25 heavy (non-hydrogen) atoms. The van der Waals surface area contributed by atoms with E-state index in [9.17, 15) is 9.59 Å². The highest BCUT2D eigenvalue weighted by Crippen LogP contribution is 2.38. The van der Waals surface area contributed by atoms with Crippen LogP contribution >= 0.6 is 11.6 Å². The van der Waals surface area contributed by atoms with Crippen LogP contribution in [0.2, 0.25) is 0 Å². The van der Waals surface area contributed by atoms with Crippen molar-refractivity contribution in [1.82, 2.24) is 9.55 Å². The summed E-state index contributed by atoms with van der Waals surface area (Å²) in [5.74, 6) is -0.563. The number of alkyl halides is 1. The number of hydrazone groups is 1. The predicted octanol–water partition coefficient (Wildman–Crippen LogP) is 3.03. The molecule has 1 aromatic heterocycles. The molecule has 2 aromatic rings. The summed E-state index contributed by atoms with van der Waals surface area (Å²) in [6.45, 7) is 3.51. The molecule has 0 unspecified atom stereocenters. The van der Waals surface area contributed by atoms with Crippen molar-refractivity contribution in [2.24, 2.45) is 18.1 Å². The second-order valence-electron chi connectivity index (χ2n) is 6.24. The van der Waals surface area contributed by atoms with E-state index in [1.54, 1.807) is 50.0 Å². The summed E-state index contributed by atoms with van der Waals surface area (Å²) in [6, 6.07) is 9.11. The molecule has 7 heteroatoms. The van der Waals surface area contributed by atoms with Gasteiger partial charge in [0.05, 0.1) is 11.4 Å². The van der Waals surface area contributed by atoms with Crippen LogP contribution in [0.5, 0.6) is 0 Å². The van der Waals surface area contributed by atoms with Crippen LogP contribution in [0.4, 0.5) is 5.69 Å². The third kappa shape index (κ3) is 2.87. The van der Waals surface area contributed by atoms with Gasteiger partial charge in [-0.3, -0.25) is 9.59 Å². The van der Waals surface area contributed by atoms with E-state index in [0.29, 0.717) is 17.2 Å². The van der Waals surface area contributed by atoms with Crippen LogP contribution in [0.15, 0.2) is 47.8 Å². The Kier molecular flexibility index (Phi) is 4.47. The third-order valence-corrected chi connectivity index (χ3v) is 5.33. The second kappa shape index (κ2) is 6.44. The van der Waals surface area contributed by atoms with Crippen LogP contribution in [-0.4, -0.2) is 31.8 Å². The molecule has 130 valence electrons. The van der Waals surface area contributed by atoms with Gasteiger partial charge in [-0.05, 0) is 25.0 Å². The summed E-state index contributed by atoms with van der Waals surface area (Å²) in [4.78, 5) is 28.2. The fourth-order valence-corrected chi connectivity index (χ4v) is 3.23. The lowest BCUT2D eigenvalue weighted by atomic mass is 9.85. The van der Waals surface area contributed by atoms with E-state index >= 15 is 0 Å². The summed E-state index contributed by atoms with van der Waals surface area (Å²) in [6.07, 6.45) is 3.38. The Labute approximate surface area is 151 Å². The number of benzene rings is 1. The zero-order valence-electron chi connectivity index (χ0n) is 14.3. The minimum atomic E-state index is -1.34. The van der Waals surface area contributed by atoms with Gasteiger partial charge in [-0.15, -0.1) is 11.6 Å². The zero-order chi connectivity index (χ0) is 18.2. The average molecular weight is 359 g/mol. The molecule has 1 aromatic carbocycles. The predicted molar refractivity (Wildman–Crippen MR) is 96.9 cm³/mol. The molecule has 0 N–H and O–H groups in total. The van der Waals surface area contributed by atoms with E-state index in [1.807, 2.05) is 18.2 Å².